The number of β-amino-alcohol motifs (C(OH)–C–C–N with tert-alkyl or cyclic N) is 1. The highest BCUT2D eigenvalue weighted by Gasteiger charge is 2.36. The summed E-state index contributed by atoms with van der Waals surface area (Å²) in [6.07, 6.45) is 1.33. The molecule has 170 valence electrons. The van der Waals surface area contributed by atoms with Crippen LogP contribution in [-0.4, -0.2) is 55.8 Å². The van der Waals surface area contributed by atoms with Gasteiger partial charge in [-0.05, 0) is 63.1 Å². The molecule has 8 heteroatoms. The molecule has 0 spiro atoms. The van der Waals surface area contributed by atoms with Crippen molar-refractivity contribution in [3.05, 3.63) is 65.5 Å². The van der Waals surface area contributed by atoms with Crippen LogP contribution in [0, 0.1) is 0 Å². The summed E-state index contributed by atoms with van der Waals surface area (Å²) >= 11 is 0. The lowest BCUT2D eigenvalue weighted by molar-refractivity contribution is 0.0457. The number of imide groups is 1. The van der Waals surface area contributed by atoms with Crippen LogP contribution in [0.2, 0.25) is 0 Å². The summed E-state index contributed by atoms with van der Waals surface area (Å²) in [7, 11) is 0. The summed E-state index contributed by atoms with van der Waals surface area (Å²) in [4.78, 5) is 30.7. The summed E-state index contributed by atoms with van der Waals surface area (Å²) < 4.78 is 7.69. The van der Waals surface area contributed by atoms with Crippen LogP contribution in [0.1, 0.15) is 65.2 Å². The first-order chi connectivity index (χ1) is 15.9. The highest BCUT2D eigenvalue weighted by Crippen LogP contribution is 2.40. The van der Waals surface area contributed by atoms with Crippen LogP contribution in [0.4, 0.5) is 0 Å². The number of hydrogen-bond donors (Lipinski definition) is 1. The summed E-state index contributed by atoms with van der Waals surface area (Å²) in [5.41, 5.74) is 1.63. The Bertz CT molecular complexity index is 1140. The zero-order valence-corrected chi connectivity index (χ0v) is 18.6. The van der Waals surface area contributed by atoms with Gasteiger partial charge in [0.2, 0.25) is 0 Å². The van der Waals surface area contributed by atoms with Crippen LogP contribution in [0.5, 0.6) is 5.75 Å². The van der Waals surface area contributed by atoms with Crippen molar-refractivity contribution in [2.45, 2.75) is 44.8 Å². The number of aromatic nitrogens is 3. The summed E-state index contributed by atoms with van der Waals surface area (Å²) in [5.74, 6) is 2.06. The quantitative estimate of drug-likeness (QED) is 0.533. The third-order valence-corrected chi connectivity index (χ3v) is 5.92. The maximum atomic E-state index is 12.4. The minimum absolute atomic E-state index is 0.0429. The van der Waals surface area contributed by atoms with Gasteiger partial charge in [0.15, 0.2) is 5.82 Å². The molecule has 1 unspecified atom stereocenters. The Hall–Kier alpha value is -3.52. The number of hydrogen-bond acceptors (Lipinski definition) is 6. The van der Waals surface area contributed by atoms with Gasteiger partial charge in [0.05, 0.1) is 17.7 Å². The Labute approximate surface area is 191 Å². The number of amides is 2. The second kappa shape index (κ2) is 8.44. The molecule has 2 heterocycles. The molecule has 5 rings (SSSR count). The molecule has 33 heavy (non-hydrogen) atoms. The fraction of sp³-hybridized carbons (Fsp3) is 0.360. The molecule has 1 N–H and O–H groups in total. The summed E-state index contributed by atoms with van der Waals surface area (Å²) in [5, 5.41) is 15.1. The van der Waals surface area contributed by atoms with Crippen LogP contribution in [0.15, 0.2) is 48.5 Å². The first-order valence-corrected chi connectivity index (χ1v) is 11.3. The van der Waals surface area contributed by atoms with Crippen molar-refractivity contribution in [3.8, 4) is 17.1 Å². The van der Waals surface area contributed by atoms with Gasteiger partial charge in [-0.3, -0.25) is 14.5 Å². The molecule has 1 atom stereocenters. The number of nitrogens with zero attached hydrogens (tertiary/aromatic N) is 4. The molecule has 2 aliphatic rings. The molecule has 0 bridgehead atoms. The van der Waals surface area contributed by atoms with E-state index in [-0.39, 0.29) is 19.2 Å². The van der Waals surface area contributed by atoms with Gasteiger partial charge in [-0.15, -0.1) is 0 Å². The van der Waals surface area contributed by atoms with E-state index in [1.165, 1.54) is 12.8 Å². The average Bonchev–Trinajstić information content (AvgIpc) is 3.53. The van der Waals surface area contributed by atoms with Crippen molar-refractivity contribution in [2.24, 2.45) is 0 Å². The minimum Gasteiger partial charge on any atom is -0.491 e. The number of fused-ring (bicyclic) bond motifs is 1. The van der Waals surface area contributed by atoms with Crippen molar-refractivity contribution in [1.82, 2.24) is 19.7 Å². The van der Waals surface area contributed by atoms with Gasteiger partial charge in [0.1, 0.15) is 24.3 Å². The van der Waals surface area contributed by atoms with Gasteiger partial charge < -0.3 is 9.84 Å². The predicted octanol–water partition coefficient (Wildman–Crippen LogP) is 3.44. The normalized spacial score (nSPS) is 16.4. The Morgan fingerprint density at radius 3 is 2.24 bits per heavy atom. The molecule has 1 aromatic heterocycles. The van der Waals surface area contributed by atoms with Gasteiger partial charge in [-0.2, -0.15) is 5.10 Å². The average molecular weight is 447 g/mol. The highest BCUT2D eigenvalue weighted by atomic mass is 16.5. The van der Waals surface area contributed by atoms with Crippen LogP contribution < -0.4 is 4.74 Å². The van der Waals surface area contributed by atoms with Crippen molar-refractivity contribution >= 4 is 11.8 Å². The third kappa shape index (κ3) is 4.14. The highest BCUT2D eigenvalue weighted by molar-refractivity contribution is 6.21. The molecule has 1 fully saturated rings. The number of ether oxygens (including phenoxy) is 1. The fourth-order valence-corrected chi connectivity index (χ4v) is 4.02. The van der Waals surface area contributed by atoms with Crippen molar-refractivity contribution in [3.63, 3.8) is 0 Å². The van der Waals surface area contributed by atoms with Crippen molar-refractivity contribution in [1.29, 1.82) is 0 Å². The lowest BCUT2D eigenvalue weighted by atomic mass is 10.1. The molecule has 1 saturated carbocycles. The number of aliphatic hydroxyl groups excluding tert-OH is 1. The molecule has 1 aliphatic heterocycles. The van der Waals surface area contributed by atoms with Crippen LogP contribution in [-0.2, 0) is 0 Å². The monoisotopic (exact) mass is 446 g/mol. The van der Waals surface area contributed by atoms with Crippen LogP contribution in [0.3, 0.4) is 0 Å². The predicted molar refractivity (Wildman–Crippen MR) is 121 cm³/mol. The van der Waals surface area contributed by atoms with E-state index in [1.807, 2.05) is 16.8 Å². The molecular formula is C25H26N4O4. The number of carbonyl (C=O) groups excluding carboxylic acids is 2. The first kappa shape index (κ1) is 21.3. The van der Waals surface area contributed by atoms with Gasteiger partial charge >= 0.3 is 0 Å². The van der Waals surface area contributed by atoms with E-state index in [2.05, 4.69) is 18.9 Å². The zero-order valence-electron chi connectivity index (χ0n) is 18.6. The third-order valence-electron chi connectivity index (χ3n) is 5.92. The number of carbonyl (C=O) groups is 2. The van der Waals surface area contributed by atoms with E-state index in [9.17, 15) is 14.7 Å². The Morgan fingerprint density at radius 2 is 1.67 bits per heavy atom. The Morgan fingerprint density at radius 1 is 1.03 bits per heavy atom. The second-order valence-corrected chi connectivity index (χ2v) is 8.86. The van der Waals surface area contributed by atoms with Gasteiger partial charge in [0, 0.05) is 17.5 Å². The smallest absolute Gasteiger partial charge is 0.261 e. The SMILES string of the molecule is CC(C)n1nc(-c2ccc(OCC(O)CN3C(=O)c4ccccc4C3=O)cc2)nc1C1CC1. The van der Waals surface area contributed by atoms with E-state index in [0.29, 0.717) is 28.6 Å². The lowest BCUT2D eigenvalue weighted by Gasteiger charge is -2.19. The van der Waals surface area contributed by atoms with Gasteiger partial charge in [0.25, 0.3) is 11.8 Å². The minimum atomic E-state index is -1.00. The molecule has 2 amide bonds. The molecule has 0 saturated heterocycles. The van der Waals surface area contributed by atoms with E-state index < -0.39 is 17.9 Å². The summed E-state index contributed by atoms with van der Waals surface area (Å²) in [6, 6.07) is 14.3. The van der Waals surface area contributed by atoms with E-state index in [1.54, 1.807) is 36.4 Å². The lowest BCUT2D eigenvalue weighted by Crippen LogP contribution is -2.39. The maximum Gasteiger partial charge on any atom is 0.261 e. The largest absolute Gasteiger partial charge is 0.491 e. The van der Waals surface area contributed by atoms with Gasteiger partial charge in [-0.25, -0.2) is 9.67 Å². The molecule has 2 aromatic carbocycles. The number of aliphatic hydroxyl groups is 1. The van der Waals surface area contributed by atoms with E-state index in [0.717, 1.165) is 16.3 Å². The second-order valence-electron chi connectivity index (χ2n) is 8.86. The van der Waals surface area contributed by atoms with Crippen LogP contribution in [0.25, 0.3) is 11.4 Å². The van der Waals surface area contributed by atoms with E-state index >= 15 is 0 Å². The molecule has 0 radical (unpaired) electrons. The number of rotatable bonds is 8. The standard InChI is InChI=1S/C25H26N4O4/c1-15(2)29-23(17-7-8-17)26-22(27-29)16-9-11-19(12-10-16)33-14-18(30)13-28-24(31)20-5-3-4-6-21(20)25(28)32/h3-6,9-12,15,17-18,30H,7-8,13-14H2,1-2H3. The molecular weight excluding hydrogens is 420 g/mol. The van der Waals surface area contributed by atoms with Crippen molar-refractivity contribution in [2.75, 3.05) is 13.2 Å². The van der Waals surface area contributed by atoms with E-state index in [4.69, 9.17) is 9.72 Å². The first-order valence-electron chi connectivity index (χ1n) is 11.3. The Kier molecular flexibility index (Phi) is 5.46. The van der Waals surface area contributed by atoms with Crippen LogP contribution >= 0.6 is 0 Å². The zero-order chi connectivity index (χ0) is 23.1. The molecule has 3 aromatic rings. The molecule has 8 nitrogen and oxygen atoms in total. The molecule has 1 aliphatic carbocycles. The number of benzene rings is 2. The Balaban J connectivity index is 1.20. The van der Waals surface area contributed by atoms with Crippen molar-refractivity contribution < 1.29 is 19.4 Å². The summed E-state index contributed by atoms with van der Waals surface area (Å²) in [6.45, 7) is 4.05. The fourth-order valence-electron chi connectivity index (χ4n) is 4.02. The topological polar surface area (TPSA) is 97.5 Å². The maximum absolute atomic E-state index is 12.4. The van der Waals surface area contributed by atoms with Gasteiger partial charge in [-0.1, -0.05) is 12.1 Å².